The summed E-state index contributed by atoms with van der Waals surface area (Å²) in [4.78, 5) is 11.3. The highest BCUT2D eigenvalue weighted by Gasteiger charge is 2.10. The summed E-state index contributed by atoms with van der Waals surface area (Å²) in [6.07, 6.45) is 0. The number of carbonyl (C=O) groups is 1. The number of aromatic nitrogens is 2. The normalized spacial score (nSPS) is 10.6. The molecule has 1 aromatic carbocycles. The summed E-state index contributed by atoms with van der Waals surface area (Å²) in [5.41, 5.74) is 15.7. The average Bonchev–Trinajstić information content (AvgIpc) is 2.62. The molecule has 0 fully saturated rings. The molecule has 0 unspecified atom stereocenters. The van der Waals surface area contributed by atoms with Gasteiger partial charge in [-0.05, 0) is 32.0 Å². The lowest BCUT2D eigenvalue weighted by Crippen LogP contribution is -2.14. The molecule has 6 heteroatoms. The molecule has 0 bridgehead atoms. The maximum Gasteiger partial charge on any atom is 0.250 e. The van der Waals surface area contributed by atoms with E-state index in [9.17, 15) is 4.79 Å². The highest BCUT2D eigenvalue weighted by molar-refractivity contribution is 5.98. The SMILES string of the molecule is Cc1nn(C)c(C)c1CNc1ccc(N)c(C(N)=O)c1. The molecule has 20 heavy (non-hydrogen) atoms. The Hall–Kier alpha value is -2.50. The van der Waals surface area contributed by atoms with Crippen LogP contribution in [-0.2, 0) is 13.6 Å². The number of carbonyl (C=O) groups excluding carboxylic acids is 1. The summed E-state index contributed by atoms with van der Waals surface area (Å²) in [7, 11) is 1.92. The van der Waals surface area contributed by atoms with Gasteiger partial charge in [-0.1, -0.05) is 0 Å². The van der Waals surface area contributed by atoms with Gasteiger partial charge in [0.25, 0.3) is 5.91 Å². The van der Waals surface area contributed by atoms with Gasteiger partial charge in [-0.15, -0.1) is 0 Å². The molecule has 0 aliphatic heterocycles. The lowest BCUT2D eigenvalue weighted by Gasteiger charge is -2.09. The van der Waals surface area contributed by atoms with E-state index in [1.54, 1.807) is 12.1 Å². The first kappa shape index (κ1) is 13.9. The standard InChI is InChI=1S/C14H19N5O/c1-8-12(9(2)19(3)18-8)7-17-10-4-5-13(15)11(6-10)14(16)20/h4-6,17H,7,15H2,1-3H3,(H2,16,20). The van der Waals surface area contributed by atoms with Gasteiger partial charge in [0.1, 0.15) is 0 Å². The van der Waals surface area contributed by atoms with Crippen molar-refractivity contribution in [2.24, 2.45) is 12.8 Å². The van der Waals surface area contributed by atoms with Crippen LogP contribution in [0.2, 0.25) is 0 Å². The summed E-state index contributed by atoms with van der Waals surface area (Å²) >= 11 is 0. The number of anilines is 2. The minimum Gasteiger partial charge on any atom is -0.398 e. The second-order valence-corrected chi connectivity index (χ2v) is 4.79. The molecular formula is C14H19N5O. The van der Waals surface area contributed by atoms with E-state index in [1.807, 2.05) is 31.6 Å². The second-order valence-electron chi connectivity index (χ2n) is 4.79. The molecule has 0 saturated heterocycles. The minimum absolute atomic E-state index is 0.328. The third-order valence-corrected chi connectivity index (χ3v) is 3.45. The van der Waals surface area contributed by atoms with Crippen LogP contribution in [0, 0.1) is 13.8 Å². The van der Waals surface area contributed by atoms with E-state index in [4.69, 9.17) is 11.5 Å². The summed E-state index contributed by atoms with van der Waals surface area (Å²) in [6.45, 7) is 4.63. The molecule has 0 saturated carbocycles. The van der Waals surface area contributed by atoms with Gasteiger partial charge in [-0.25, -0.2) is 0 Å². The van der Waals surface area contributed by atoms with Gasteiger partial charge in [0.05, 0.1) is 11.3 Å². The second kappa shape index (κ2) is 5.24. The first-order valence-electron chi connectivity index (χ1n) is 6.32. The lowest BCUT2D eigenvalue weighted by atomic mass is 10.1. The molecule has 6 nitrogen and oxygen atoms in total. The average molecular weight is 273 g/mol. The molecule has 0 aliphatic rings. The highest BCUT2D eigenvalue weighted by Crippen LogP contribution is 2.19. The molecule has 0 atom stereocenters. The van der Waals surface area contributed by atoms with Crippen LogP contribution in [0.3, 0.4) is 0 Å². The van der Waals surface area contributed by atoms with Crippen LogP contribution in [-0.4, -0.2) is 15.7 Å². The Morgan fingerprint density at radius 2 is 2.10 bits per heavy atom. The van der Waals surface area contributed by atoms with Gasteiger partial charge in [-0.2, -0.15) is 5.10 Å². The van der Waals surface area contributed by atoms with Crippen LogP contribution >= 0.6 is 0 Å². The number of rotatable bonds is 4. The van der Waals surface area contributed by atoms with E-state index in [-0.39, 0.29) is 0 Å². The number of nitrogens with one attached hydrogen (secondary N) is 1. The van der Waals surface area contributed by atoms with Gasteiger partial charge in [0.2, 0.25) is 0 Å². The van der Waals surface area contributed by atoms with Gasteiger partial charge in [0.15, 0.2) is 0 Å². The first-order chi connectivity index (χ1) is 9.40. The molecule has 0 radical (unpaired) electrons. The number of nitrogens with zero attached hydrogens (tertiary/aromatic N) is 2. The van der Waals surface area contributed by atoms with E-state index >= 15 is 0 Å². The fourth-order valence-electron chi connectivity index (χ4n) is 2.14. The van der Waals surface area contributed by atoms with Crippen LogP contribution in [0.5, 0.6) is 0 Å². The Morgan fingerprint density at radius 1 is 1.40 bits per heavy atom. The molecule has 5 N–H and O–H groups in total. The van der Waals surface area contributed by atoms with Crippen molar-refractivity contribution in [2.75, 3.05) is 11.1 Å². The van der Waals surface area contributed by atoms with Gasteiger partial charge >= 0.3 is 0 Å². The topological polar surface area (TPSA) is 99.0 Å². The molecule has 2 rings (SSSR count). The van der Waals surface area contributed by atoms with Crippen molar-refractivity contribution in [2.45, 2.75) is 20.4 Å². The van der Waals surface area contributed by atoms with E-state index < -0.39 is 5.91 Å². The summed E-state index contributed by atoms with van der Waals surface area (Å²) in [5.74, 6) is -0.528. The maximum absolute atomic E-state index is 11.3. The molecule has 0 spiro atoms. The largest absolute Gasteiger partial charge is 0.398 e. The zero-order valence-electron chi connectivity index (χ0n) is 11.9. The highest BCUT2D eigenvalue weighted by atomic mass is 16.1. The number of nitrogen functional groups attached to an aromatic ring is 1. The van der Waals surface area contributed by atoms with Crippen molar-refractivity contribution in [1.29, 1.82) is 0 Å². The fourth-order valence-corrected chi connectivity index (χ4v) is 2.14. The molecule has 1 amide bonds. The third kappa shape index (κ3) is 2.59. The smallest absolute Gasteiger partial charge is 0.250 e. The molecule has 1 heterocycles. The Kier molecular flexibility index (Phi) is 3.65. The number of hydrogen-bond donors (Lipinski definition) is 3. The zero-order chi connectivity index (χ0) is 14.9. The van der Waals surface area contributed by atoms with Gasteiger partial charge in [-0.3, -0.25) is 9.48 Å². The van der Waals surface area contributed by atoms with Crippen molar-refractivity contribution >= 4 is 17.3 Å². The van der Waals surface area contributed by atoms with Crippen LogP contribution in [0.1, 0.15) is 27.3 Å². The zero-order valence-corrected chi connectivity index (χ0v) is 11.9. The molecular weight excluding hydrogens is 254 g/mol. The minimum atomic E-state index is -0.528. The van der Waals surface area contributed by atoms with Crippen molar-refractivity contribution in [3.8, 4) is 0 Å². The van der Waals surface area contributed by atoms with Crippen molar-refractivity contribution in [3.63, 3.8) is 0 Å². The number of aryl methyl sites for hydroxylation is 2. The van der Waals surface area contributed by atoms with Crippen LogP contribution in [0.15, 0.2) is 18.2 Å². The molecule has 0 aliphatic carbocycles. The van der Waals surface area contributed by atoms with E-state index in [1.165, 1.54) is 0 Å². The molecule has 2 aromatic rings. The summed E-state index contributed by atoms with van der Waals surface area (Å²) in [5, 5.41) is 7.63. The number of benzene rings is 1. The Balaban J connectivity index is 2.19. The van der Waals surface area contributed by atoms with Crippen LogP contribution < -0.4 is 16.8 Å². The van der Waals surface area contributed by atoms with E-state index in [0.29, 0.717) is 17.8 Å². The Bertz CT molecular complexity index is 660. The number of hydrogen-bond acceptors (Lipinski definition) is 4. The number of primary amides is 1. The van der Waals surface area contributed by atoms with E-state index in [2.05, 4.69) is 10.4 Å². The predicted molar refractivity (Wildman–Crippen MR) is 79.4 cm³/mol. The summed E-state index contributed by atoms with van der Waals surface area (Å²) in [6, 6.07) is 5.16. The van der Waals surface area contributed by atoms with Gasteiger partial charge < -0.3 is 16.8 Å². The quantitative estimate of drug-likeness (QED) is 0.732. The Morgan fingerprint density at radius 3 is 2.65 bits per heavy atom. The maximum atomic E-state index is 11.3. The number of amides is 1. The van der Waals surface area contributed by atoms with Crippen molar-refractivity contribution in [3.05, 3.63) is 40.7 Å². The predicted octanol–water partition coefficient (Wildman–Crippen LogP) is 1.33. The van der Waals surface area contributed by atoms with Gasteiger partial charge in [0, 0.05) is 36.2 Å². The third-order valence-electron chi connectivity index (χ3n) is 3.45. The van der Waals surface area contributed by atoms with Crippen molar-refractivity contribution in [1.82, 2.24) is 9.78 Å². The lowest BCUT2D eigenvalue weighted by molar-refractivity contribution is 0.100. The first-order valence-corrected chi connectivity index (χ1v) is 6.32. The monoisotopic (exact) mass is 273 g/mol. The van der Waals surface area contributed by atoms with Crippen molar-refractivity contribution < 1.29 is 4.79 Å². The van der Waals surface area contributed by atoms with Crippen LogP contribution in [0.25, 0.3) is 0 Å². The fraction of sp³-hybridized carbons (Fsp3) is 0.286. The number of nitrogens with two attached hydrogens (primary N) is 2. The summed E-state index contributed by atoms with van der Waals surface area (Å²) < 4.78 is 1.85. The Labute approximate surface area is 117 Å². The van der Waals surface area contributed by atoms with E-state index in [0.717, 1.165) is 22.6 Å². The van der Waals surface area contributed by atoms with Crippen LogP contribution in [0.4, 0.5) is 11.4 Å². The molecule has 1 aromatic heterocycles. The molecule has 106 valence electrons.